The molecule has 0 saturated heterocycles. The molecular formula is C46H40N2O2. The highest BCUT2D eigenvalue weighted by Gasteiger charge is 2.14. The highest BCUT2D eigenvalue weighted by atomic mass is 16.3. The van der Waals surface area contributed by atoms with Crippen molar-refractivity contribution in [2.24, 2.45) is 0 Å². The zero-order chi connectivity index (χ0) is 34.1. The number of benzene rings is 7. The molecule has 0 aliphatic carbocycles. The number of aryl methyl sites for hydroxylation is 4. The van der Waals surface area contributed by atoms with Gasteiger partial charge in [-0.05, 0) is 145 Å². The second-order valence-electron chi connectivity index (χ2n) is 12.5. The number of aromatic hydroxyl groups is 2. The Labute approximate surface area is 294 Å². The van der Waals surface area contributed by atoms with Crippen LogP contribution < -0.4 is 9.80 Å². The quantitative estimate of drug-likeness (QED) is 0.138. The van der Waals surface area contributed by atoms with E-state index in [0.717, 1.165) is 59.8 Å². The number of phenols is 2. The van der Waals surface area contributed by atoms with Gasteiger partial charge in [0, 0.05) is 34.1 Å². The van der Waals surface area contributed by atoms with Gasteiger partial charge in [0.2, 0.25) is 0 Å². The van der Waals surface area contributed by atoms with Gasteiger partial charge in [-0.25, -0.2) is 0 Å². The van der Waals surface area contributed by atoms with Gasteiger partial charge in [-0.3, -0.25) is 0 Å². The van der Waals surface area contributed by atoms with Crippen LogP contribution in [-0.2, 0) is 25.7 Å². The molecule has 0 bridgehead atoms. The molecule has 0 aromatic heterocycles. The topological polar surface area (TPSA) is 46.9 Å². The summed E-state index contributed by atoms with van der Waals surface area (Å²) in [6.45, 7) is 0. The molecule has 0 atom stereocenters. The fourth-order valence-electron chi connectivity index (χ4n) is 6.33. The molecule has 0 aliphatic rings. The lowest BCUT2D eigenvalue weighted by atomic mass is 10.00. The number of rotatable bonds is 12. The van der Waals surface area contributed by atoms with Gasteiger partial charge in [0.25, 0.3) is 0 Å². The van der Waals surface area contributed by atoms with Crippen molar-refractivity contribution in [3.63, 3.8) is 0 Å². The van der Waals surface area contributed by atoms with Gasteiger partial charge in [-0.2, -0.15) is 0 Å². The molecule has 0 amide bonds. The van der Waals surface area contributed by atoms with Gasteiger partial charge in [0.1, 0.15) is 11.5 Å². The lowest BCUT2D eigenvalue weighted by Gasteiger charge is -2.25. The van der Waals surface area contributed by atoms with E-state index in [4.69, 9.17) is 0 Å². The molecule has 0 unspecified atom stereocenters. The van der Waals surface area contributed by atoms with Crippen molar-refractivity contribution >= 4 is 34.1 Å². The van der Waals surface area contributed by atoms with Crippen molar-refractivity contribution in [3.05, 3.63) is 204 Å². The van der Waals surface area contributed by atoms with E-state index >= 15 is 0 Å². The normalized spacial score (nSPS) is 10.9. The molecule has 7 rings (SSSR count). The Morgan fingerprint density at radius 1 is 0.260 bits per heavy atom. The maximum absolute atomic E-state index is 9.82. The minimum atomic E-state index is 0.259. The average Bonchev–Trinajstić information content (AvgIpc) is 3.17. The number of hydrogen-bond acceptors (Lipinski definition) is 4. The number of phenolic OH excluding ortho intramolecular Hbond substituents is 2. The number of para-hydroxylation sites is 2. The summed E-state index contributed by atoms with van der Waals surface area (Å²) in [7, 11) is 0. The second-order valence-corrected chi connectivity index (χ2v) is 12.5. The van der Waals surface area contributed by atoms with Gasteiger partial charge < -0.3 is 20.0 Å². The van der Waals surface area contributed by atoms with E-state index in [0.29, 0.717) is 0 Å². The lowest BCUT2D eigenvalue weighted by molar-refractivity contribution is 0.475. The first-order chi connectivity index (χ1) is 24.6. The molecule has 0 heterocycles. The summed E-state index contributed by atoms with van der Waals surface area (Å²) in [5.74, 6) is 0.518. The fourth-order valence-corrected chi connectivity index (χ4v) is 6.33. The van der Waals surface area contributed by atoms with Crippen LogP contribution in [0.4, 0.5) is 34.1 Å². The van der Waals surface area contributed by atoms with Crippen LogP contribution in [0.15, 0.2) is 182 Å². The molecule has 0 spiro atoms. The zero-order valence-electron chi connectivity index (χ0n) is 27.9. The Morgan fingerprint density at radius 3 is 0.760 bits per heavy atom. The summed E-state index contributed by atoms with van der Waals surface area (Å²) in [6.07, 6.45) is 3.92. The molecule has 4 nitrogen and oxygen atoms in total. The van der Waals surface area contributed by atoms with Crippen LogP contribution in [0.1, 0.15) is 22.3 Å². The van der Waals surface area contributed by atoms with Crippen LogP contribution in [0.3, 0.4) is 0 Å². The van der Waals surface area contributed by atoms with E-state index in [1.165, 1.54) is 22.3 Å². The van der Waals surface area contributed by atoms with E-state index in [1.807, 2.05) is 60.7 Å². The van der Waals surface area contributed by atoms with Gasteiger partial charge in [-0.15, -0.1) is 0 Å². The number of hydrogen-bond donors (Lipinski definition) is 2. The Morgan fingerprint density at radius 2 is 0.480 bits per heavy atom. The van der Waals surface area contributed by atoms with Gasteiger partial charge >= 0.3 is 0 Å². The number of anilines is 6. The third-order valence-electron chi connectivity index (χ3n) is 9.06. The van der Waals surface area contributed by atoms with Crippen LogP contribution >= 0.6 is 0 Å². The molecule has 246 valence electrons. The molecule has 0 aliphatic heterocycles. The zero-order valence-corrected chi connectivity index (χ0v) is 27.9. The van der Waals surface area contributed by atoms with E-state index < -0.39 is 0 Å². The monoisotopic (exact) mass is 652 g/mol. The summed E-state index contributed by atoms with van der Waals surface area (Å²) in [5, 5.41) is 19.6. The highest BCUT2D eigenvalue weighted by Crippen LogP contribution is 2.36. The lowest BCUT2D eigenvalue weighted by Crippen LogP contribution is -2.09. The number of nitrogens with zero attached hydrogens (tertiary/aromatic N) is 2. The molecule has 7 aromatic rings. The highest BCUT2D eigenvalue weighted by molar-refractivity contribution is 5.78. The summed E-state index contributed by atoms with van der Waals surface area (Å²) < 4.78 is 0. The van der Waals surface area contributed by atoms with Crippen LogP contribution in [-0.4, -0.2) is 10.2 Å². The predicted molar refractivity (Wildman–Crippen MR) is 207 cm³/mol. The first-order valence-electron chi connectivity index (χ1n) is 17.1. The van der Waals surface area contributed by atoms with Crippen molar-refractivity contribution in [2.45, 2.75) is 25.7 Å². The van der Waals surface area contributed by atoms with E-state index in [2.05, 4.69) is 107 Å². The van der Waals surface area contributed by atoms with E-state index in [-0.39, 0.29) is 11.5 Å². The molecule has 7 aromatic carbocycles. The minimum Gasteiger partial charge on any atom is -0.508 e. The molecule has 50 heavy (non-hydrogen) atoms. The maximum Gasteiger partial charge on any atom is 0.115 e. The summed E-state index contributed by atoms with van der Waals surface area (Å²) in [6, 6.07) is 61.9. The molecule has 0 fully saturated rings. The minimum absolute atomic E-state index is 0.259. The molecular weight excluding hydrogens is 613 g/mol. The summed E-state index contributed by atoms with van der Waals surface area (Å²) >= 11 is 0. The van der Waals surface area contributed by atoms with Crippen molar-refractivity contribution in [1.29, 1.82) is 0 Å². The van der Waals surface area contributed by atoms with Gasteiger partial charge in [-0.1, -0.05) is 84.9 Å². The Hall–Kier alpha value is -6.26. The molecule has 0 saturated carbocycles. The summed E-state index contributed by atoms with van der Waals surface area (Å²) in [4.78, 5) is 4.40. The van der Waals surface area contributed by atoms with E-state index in [9.17, 15) is 10.2 Å². The first-order valence-corrected chi connectivity index (χ1v) is 17.1. The molecule has 4 heteroatoms. The van der Waals surface area contributed by atoms with Crippen LogP contribution in [0, 0.1) is 0 Å². The van der Waals surface area contributed by atoms with Crippen molar-refractivity contribution in [2.75, 3.05) is 9.80 Å². The van der Waals surface area contributed by atoms with Crippen molar-refractivity contribution in [3.8, 4) is 11.5 Å². The van der Waals surface area contributed by atoms with E-state index in [1.54, 1.807) is 24.3 Å². The van der Waals surface area contributed by atoms with Crippen molar-refractivity contribution < 1.29 is 10.2 Å². The smallest absolute Gasteiger partial charge is 0.115 e. The Kier molecular flexibility index (Phi) is 9.89. The second kappa shape index (κ2) is 15.3. The third kappa shape index (κ3) is 7.88. The average molecular weight is 653 g/mol. The molecule has 0 radical (unpaired) electrons. The van der Waals surface area contributed by atoms with Crippen LogP contribution in [0.5, 0.6) is 11.5 Å². The van der Waals surface area contributed by atoms with Crippen molar-refractivity contribution in [1.82, 2.24) is 0 Å². The first kappa shape index (κ1) is 32.3. The fraction of sp³-hybridized carbons (Fsp3) is 0.0870. The Balaban J connectivity index is 0.954. The largest absolute Gasteiger partial charge is 0.508 e. The standard InChI is InChI=1S/C46H40N2O2/c49-45-31-27-43(28-32-45)47(39-7-3-1-4-8-39)41-23-19-37(20-24-41)17-15-35-11-13-36(14-12-35)16-18-38-21-25-42(26-22-38)48(40-9-5-2-6-10-40)44-29-33-46(50)34-30-44/h1-14,19-34,49-50H,15-18H2. The predicted octanol–water partition coefficient (Wildman–Crippen LogP) is 11.6. The van der Waals surface area contributed by atoms with Crippen LogP contribution in [0.25, 0.3) is 0 Å². The van der Waals surface area contributed by atoms with Gasteiger partial charge in [0.05, 0.1) is 0 Å². The Bertz CT molecular complexity index is 1920. The third-order valence-corrected chi connectivity index (χ3v) is 9.06. The van der Waals surface area contributed by atoms with Crippen LogP contribution in [0.2, 0.25) is 0 Å². The van der Waals surface area contributed by atoms with Gasteiger partial charge in [0.15, 0.2) is 0 Å². The molecule has 2 N–H and O–H groups in total. The SMILES string of the molecule is Oc1ccc(N(c2ccccc2)c2ccc(CCc3ccc(CCc4ccc(N(c5ccccc5)c5ccc(O)cc5)cc4)cc3)cc2)cc1. The summed E-state index contributed by atoms with van der Waals surface area (Å²) in [5.41, 5.74) is 11.6. The maximum atomic E-state index is 9.82.